The molecule has 2 N–H and O–H groups in total. The molecule has 218 valence electrons. The van der Waals surface area contributed by atoms with E-state index in [1.807, 2.05) is 91.0 Å². The fraction of sp³-hybridized carbons (Fsp3) is 0.229. The second-order valence-corrected chi connectivity index (χ2v) is 11.1. The lowest BCUT2D eigenvalue weighted by Gasteiger charge is -2.28. The predicted molar refractivity (Wildman–Crippen MR) is 164 cm³/mol. The molecule has 8 heteroatoms. The first kappa shape index (κ1) is 28.2. The number of amides is 3. The van der Waals surface area contributed by atoms with E-state index in [-0.39, 0.29) is 31.1 Å². The molecular weight excluding hydrogens is 542 g/mol. The van der Waals surface area contributed by atoms with Crippen LogP contribution in [0.25, 0.3) is 21.7 Å². The van der Waals surface area contributed by atoms with Gasteiger partial charge in [-0.15, -0.1) is 0 Å². The first-order chi connectivity index (χ1) is 20.9. The zero-order chi connectivity index (χ0) is 29.9. The highest BCUT2D eigenvalue weighted by molar-refractivity contribution is 6.00. The van der Waals surface area contributed by atoms with Crippen molar-refractivity contribution >= 4 is 39.5 Å². The molecule has 1 fully saturated rings. The smallest absolute Gasteiger partial charge is 0.290 e. The number of rotatable bonds is 8. The lowest BCUT2D eigenvalue weighted by molar-refractivity contribution is -0.136. The van der Waals surface area contributed by atoms with E-state index in [2.05, 4.69) is 5.32 Å². The molecule has 0 radical (unpaired) electrons. The van der Waals surface area contributed by atoms with E-state index in [1.54, 1.807) is 24.1 Å². The Kier molecular flexibility index (Phi) is 7.94. The van der Waals surface area contributed by atoms with Crippen molar-refractivity contribution < 1.29 is 23.9 Å². The fourth-order valence-electron chi connectivity index (χ4n) is 5.88. The second-order valence-electron chi connectivity index (χ2n) is 11.1. The van der Waals surface area contributed by atoms with Gasteiger partial charge in [-0.05, 0) is 34.0 Å². The minimum Gasteiger partial charge on any atom is -0.451 e. The van der Waals surface area contributed by atoms with Crippen molar-refractivity contribution in [1.29, 1.82) is 0 Å². The first-order valence-corrected chi connectivity index (χ1v) is 14.4. The monoisotopic (exact) mass is 575 g/mol. The summed E-state index contributed by atoms with van der Waals surface area (Å²) in [7, 11) is 1.72. The van der Waals surface area contributed by atoms with Crippen LogP contribution in [-0.4, -0.2) is 64.4 Å². The van der Waals surface area contributed by atoms with Gasteiger partial charge in [-0.25, -0.2) is 0 Å². The molecule has 1 aliphatic heterocycles. The Labute approximate surface area is 249 Å². The number of nitrogens with zero attached hydrogens (tertiary/aromatic N) is 2. The zero-order valence-electron chi connectivity index (χ0n) is 23.9. The molecule has 3 atom stereocenters. The Morgan fingerprint density at radius 2 is 1.63 bits per heavy atom. The van der Waals surface area contributed by atoms with Crippen LogP contribution < -0.4 is 5.32 Å². The molecule has 0 spiro atoms. The second kappa shape index (κ2) is 12.1. The van der Waals surface area contributed by atoms with Gasteiger partial charge in [0.2, 0.25) is 11.8 Å². The number of benzene rings is 4. The number of furan rings is 1. The van der Waals surface area contributed by atoms with Gasteiger partial charge in [-0.2, -0.15) is 0 Å². The summed E-state index contributed by atoms with van der Waals surface area (Å²) in [5.74, 6) is -1.13. The van der Waals surface area contributed by atoms with Crippen LogP contribution in [0, 0.1) is 0 Å². The fourth-order valence-corrected chi connectivity index (χ4v) is 5.88. The third-order valence-corrected chi connectivity index (χ3v) is 8.04. The molecule has 1 aliphatic rings. The van der Waals surface area contributed by atoms with Gasteiger partial charge < -0.3 is 24.6 Å². The molecule has 43 heavy (non-hydrogen) atoms. The Morgan fingerprint density at radius 3 is 2.42 bits per heavy atom. The van der Waals surface area contributed by atoms with E-state index in [4.69, 9.17) is 4.42 Å². The standard InChI is InChI=1S/C35H33N3O5/c1-37(21-23-10-3-2-4-11-23)34(41)29(18-25-15-9-14-24-12-5-7-16-28(24)25)36-33(40)30-20-27(39)22-38(30)35(42)32-19-26-13-6-8-17-31(26)43-32/h2-17,19,27,29-30,39H,18,20-22H2,1H3,(H,36,40). The number of fused-ring (bicyclic) bond motifs is 2. The summed E-state index contributed by atoms with van der Waals surface area (Å²) in [6, 6.07) is 30.6. The third-order valence-electron chi connectivity index (χ3n) is 8.04. The number of likely N-dealkylation sites (N-methyl/N-ethyl adjacent to an activating group) is 1. The first-order valence-electron chi connectivity index (χ1n) is 14.4. The number of β-amino-alcohol motifs (C(OH)–C–C–N with tert-alkyl or cyclic N) is 1. The molecule has 8 nitrogen and oxygen atoms in total. The highest BCUT2D eigenvalue weighted by Gasteiger charge is 2.41. The topological polar surface area (TPSA) is 103 Å². The van der Waals surface area contributed by atoms with Crippen molar-refractivity contribution in [3.8, 4) is 0 Å². The number of aliphatic hydroxyl groups excluding tert-OH is 1. The van der Waals surface area contributed by atoms with Crippen molar-refractivity contribution in [2.45, 2.75) is 37.6 Å². The number of nitrogens with one attached hydrogen (secondary N) is 1. The number of carbonyl (C=O) groups excluding carboxylic acids is 3. The van der Waals surface area contributed by atoms with Gasteiger partial charge in [0.15, 0.2) is 5.76 Å². The summed E-state index contributed by atoms with van der Waals surface area (Å²) >= 11 is 0. The number of hydrogen-bond donors (Lipinski definition) is 2. The number of carbonyl (C=O) groups is 3. The summed E-state index contributed by atoms with van der Waals surface area (Å²) in [6.07, 6.45) is -0.554. The van der Waals surface area contributed by atoms with Gasteiger partial charge in [0.1, 0.15) is 17.7 Å². The van der Waals surface area contributed by atoms with Crippen LogP contribution in [0.2, 0.25) is 0 Å². The maximum Gasteiger partial charge on any atom is 0.290 e. The summed E-state index contributed by atoms with van der Waals surface area (Å²) in [5, 5.41) is 16.3. The lowest BCUT2D eigenvalue weighted by Crippen LogP contribution is -2.54. The van der Waals surface area contributed by atoms with Crippen molar-refractivity contribution in [2.24, 2.45) is 0 Å². The van der Waals surface area contributed by atoms with Gasteiger partial charge in [-0.3, -0.25) is 14.4 Å². The quantitative estimate of drug-likeness (QED) is 0.283. The molecule has 0 aliphatic carbocycles. The van der Waals surface area contributed by atoms with E-state index in [0.717, 1.165) is 27.3 Å². The normalized spacial score (nSPS) is 17.2. The van der Waals surface area contributed by atoms with E-state index in [1.165, 1.54) is 4.90 Å². The number of para-hydroxylation sites is 1. The molecule has 5 aromatic rings. The van der Waals surface area contributed by atoms with Crippen molar-refractivity contribution in [3.63, 3.8) is 0 Å². The predicted octanol–water partition coefficient (Wildman–Crippen LogP) is 4.55. The maximum absolute atomic E-state index is 13.9. The zero-order valence-corrected chi connectivity index (χ0v) is 23.9. The van der Waals surface area contributed by atoms with Gasteiger partial charge in [0.25, 0.3) is 5.91 Å². The number of hydrogen-bond acceptors (Lipinski definition) is 5. The Hall–Kier alpha value is -4.95. The van der Waals surface area contributed by atoms with Crippen LogP contribution in [0.4, 0.5) is 0 Å². The molecule has 1 aromatic heterocycles. The molecule has 3 amide bonds. The molecular formula is C35H33N3O5. The van der Waals surface area contributed by atoms with Crippen LogP contribution in [0.15, 0.2) is 108 Å². The molecule has 0 bridgehead atoms. The Bertz CT molecular complexity index is 1740. The van der Waals surface area contributed by atoms with Gasteiger partial charge in [0.05, 0.1) is 6.10 Å². The summed E-state index contributed by atoms with van der Waals surface area (Å²) in [4.78, 5) is 44.2. The van der Waals surface area contributed by atoms with E-state index in [9.17, 15) is 19.5 Å². The molecule has 4 aromatic carbocycles. The van der Waals surface area contributed by atoms with Crippen molar-refractivity contribution in [3.05, 3.63) is 120 Å². The van der Waals surface area contributed by atoms with Gasteiger partial charge in [0, 0.05) is 38.4 Å². The van der Waals surface area contributed by atoms with E-state index >= 15 is 0 Å². The largest absolute Gasteiger partial charge is 0.451 e. The Balaban J connectivity index is 1.26. The van der Waals surface area contributed by atoms with Crippen LogP contribution in [0.1, 0.15) is 28.1 Å². The van der Waals surface area contributed by atoms with Gasteiger partial charge >= 0.3 is 0 Å². The van der Waals surface area contributed by atoms with E-state index < -0.39 is 30.0 Å². The van der Waals surface area contributed by atoms with Crippen LogP contribution in [-0.2, 0) is 22.6 Å². The highest BCUT2D eigenvalue weighted by atomic mass is 16.3. The molecule has 0 saturated carbocycles. The number of aliphatic hydroxyl groups is 1. The molecule has 3 unspecified atom stereocenters. The summed E-state index contributed by atoms with van der Waals surface area (Å²) in [6.45, 7) is 0.365. The van der Waals surface area contributed by atoms with Crippen molar-refractivity contribution in [2.75, 3.05) is 13.6 Å². The lowest BCUT2D eigenvalue weighted by atomic mass is 9.97. The molecule has 6 rings (SSSR count). The van der Waals surface area contributed by atoms with Crippen molar-refractivity contribution in [1.82, 2.24) is 15.1 Å². The Morgan fingerprint density at radius 1 is 0.930 bits per heavy atom. The molecule has 1 saturated heterocycles. The van der Waals surface area contributed by atoms with Crippen LogP contribution in [0.3, 0.4) is 0 Å². The summed E-state index contributed by atoms with van der Waals surface area (Å²) in [5.41, 5.74) is 2.45. The van der Waals surface area contributed by atoms with Gasteiger partial charge in [-0.1, -0.05) is 91.0 Å². The average Bonchev–Trinajstić information content (AvgIpc) is 3.64. The maximum atomic E-state index is 13.9. The van der Waals surface area contributed by atoms with E-state index in [0.29, 0.717) is 12.1 Å². The SMILES string of the molecule is CN(Cc1ccccc1)C(=O)C(Cc1cccc2ccccc12)NC(=O)C1CC(O)CN1C(=O)c1cc2ccccc2o1. The highest BCUT2D eigenvalue weighted by Crippen LogP contribution is 2.26. The third kappa shape index (κ3) is 6.01. The minimum atomic E-state index is -0.960. The molecule has 2 heterocycles. The van der Waals surface area contributed by atoms with Crippen LogP contribution >= 0.6 is 0 Å². The summed E-state index contributed by atoms with van der Waals surface area (Å²) < 4.78 is 5.77. The minimum absolute atomic E-state index is 0.0101. The number of likely N-dealkylation sites (tertiary alicyclic amines) is 1. The average molecular weight is 576 g/mol. The van der Waals surface area contributed by atoms with Crippen LogP contribution in [0.5, 0.6) is 0 Å².